The summed E-state index contributed by atoms with van der Waals surface area (Å²) in [4.78, 5) is 0. The Bertz CT molecular complexity index is 8.00. The molecule has 0 aliphatic rings. The monoisotopic (exact) mass is 580 g/mol. The summed E-state index contributed by atoms with van der Waals surface area (Å²) in [5.41, 5.74) is 0. The van der Waals surface area contributed by atoms with Crippen molar-refractivity contribution in [3.8, 4) is 0 Å². The minimum absolute atomic E-state index is 0. The normalized spacial score (nSPS) is 1.00. The third-order valence-electron chi connectivity index (χ3n) is 0. The van der Waals surface area contributed by atoms with Crippen molar-refractivity contribution in [3.63, 3.8) is 0 Å². The summed E-state index contributed by atoms with van der Waals surface area (Å²) in [7, 11) is 0. The zero-order chi connectivity index (χ0) is 2.00. The van der Waals surface area contributed by atoms with Gasteiger partial charge >= 0.3 is 59.2 Å². The molecule has 0 spiro atoms. The molecule has 0 aliphatic heterocycles. The van der Waals surface area contributed by atoms with E-state index in [2.05, 4.69) is 0 Å². The van der Waals surface area contributed by atoms with Gasteiger partial charge in [-0.2, -0.15) is 0 Å². The Morgan fingerprint density at radius 1 is 1.25 bits per heavy atom. The van der Waals surface area contributed by atoms with Gasteiger partial charge in [-0.25, -0.2) is 0 Å². The second-order valence-corrected chi connectivity index (χ2v) is 0. The minimum Gasteiger partial charge on any atom is 0 e. The fourth-order valence-electron chi connectivity index (χ4n) is 0. The Morgan fingerprint density at radius 3 is 1.25 bits per heavy atom. The van der Waals surface area contributed by atoms with Gasteiger partial charge in [0, 0.05) is 21.1 Å². The number of hydrogen-bond acceptors (Lipinski definition) is 0. The molecule has 0 aromatic rings. The Morgan fingerprint density at radius 2 is 1.25 bits per heavy atom. The summed E-state index contributed by atoms with van der Waals surface area (Å²) in [6.45, 7) is 0. The first-order chi connectivity index (χ1) is 1.00. The van der Waals surface area contributed by atoms with Crippen molar-refractivity contribution in [1.82, 2.24) is 0 Å². The van der Waals surface area contributed by atoms with Gasteiger partial charge in [0.25, 0.3) is 0 Å². The van der Waals surface area contributed by atoms with Gasteiger partial charge in [0.15, 0.2) is 0 Å². The van der Waals surface area contributed by atoms with E-state index in [1.165, 1.54) is 17.6 Å². The van der Waals surface area contributed by atoms with E-state index in [0.717, 1.165) is 0 Å². The molecule has 0 heterocycles. The second-order valence-electron chi connectivity index (χ2n) is 0. The van der Waals surface area contributed by atoms with Crippen molar-refractivity contribution < 1.29 is 56.3 Å². The van der Waals surface area contributed by atoms with Crippen LogP contribution in [0, 0.1) is 0 Å². The third-order valence-corrected chi connectivity index (χ3v) is 0. The van der Waals surface area contributed by atoms with E-state index in [1.807, 2.05) is 17.6 Å². The Kier molecular flexibility index (Phi) is 65.9. The molecule has 0 aromatic heterocycles. The molecule has 0 N–H and O–H groups in total. The standard InChI is InChI=1S/Nb.Sn.Ta.W.2H. The van der Waals surface area contributed by atoms with Gasteiger partial charge in [0.2, 0.25) is 0 Å². The average Bonchev–Trinajstić information content (AvgIpc) is 1.00. The van der Waals surface area contributed by atoms with Gasteiger partial charge in [-0.15, -0.1) is 0 Å². The molecule has 0 fully saturated rings. The molecule has 0 aliphatic carbocycles. The molecule has 0 saturated heterocycles. The SMILES string of the molecule is [Nb][Ta].[SnH2].[W]. The molecular weight excluding hydrogens is 576 g/mol. The van der Waals surface area contributed by atoms with Gasteiger partial charge in [0.1, 0.15) is 0 Å². The van der Waals surface area contributed by atoms with Crippen molar-refractivity contribution in [1.29, 1.82) is 0 Å². The molecule has 0 atom stereocenters. The smallest absolute Gasteiger partial charge is 0 e. The maximum atomic E-state index is 1.86. The van der Waals surface area contributed by atoms with Crippen molar-refractivity contribution >= 4 is 23.9 Å². The van der Waals surface area contributed by atoms with Crippen LogP contribution in [0.25, 0.3) is 0 Å². The topological polar surface area (TPSA) is 0 Å². The zero-order valence-corrected chi connectivity index (χ0v) is 14.4. The molecule has 4 heteroatoms. The predicted octanol–water partition coefficient (Wildman–Crippen LogP) is -0.924. The maximum absolute atomic E-state index is 1.86. The first-order valence-electron chi connectivity index (χ1n) is 0.200. The van der Waals surface area contributed by atoms with Gasteiger partial charge in [-0.05, 0) is 0 Å². The van der Waals surface area contributed by atoms with Crippen molar-refractivity contribution in [3.05, 3.63) is 0 Å². The molecule has 0 bridgehead atoms. The summed E-state index contributed by atoms with van der Waals surface area (Å²) in [6, 6.07) is 0. The van der Waals surface area contributed by atoms with Crippen molar-refractivity contribution in [2.45, 2.75) is 0 Å². The van der Waals surface area contributed by atoms with E-state index in [9.17, 15) is 0 Å². The van der Waals surface area contributed by atoms with Gasteiger partial charge in [-0.3, -0.25) is 0 Å². The van der Waals surface area contributed by atoms with E-state index >= 15 is 0 Å². The molecule has 0 unspecified atom stereocenters. The van der Waals surface area contributed by atoms with Crippen LogP contribution in [0.2, 0.25) is 0 Å². The van der Waals surface area contributed by atoms with Gasteiger partial charge in [-0.1, -0.05) is 0 Å². The molecule has 0 aromatic carbocycles. The summed E-state index contributed by atoms with van der Waals surface area (Å²) in [6.07, 6.45) is 0. The second kappa shape index (κ2) is 16.7. The van der Waals surface area contributed by atoms with Crippen LogP contribution < -0.4 is 0 Å². The molecule has 0 saturated carbocycles. The van der Waals surface area contributed by atoms with Crippen LogP contribution in [0.1, 0.15) is 0 Å². The zero-order valence-electron chi connectivity index (χ0n) is 2.01. The van der Waals surface area contributed by atoms with Gasteiger partial charge < -0.3 is 0 Å². The van der Waals surface area contributed by atoms with Crippen LogP contribution in [0.4, 0.5) is 0 Å². The molecule has 2 radical (unpaired) electrons. The molecule has 22 valence electrons. The van der Waals surface area contributed by atoms with Crippen LogP contribution in [-0.2, 0) is 56.3 Å². The Hall–Kier alpha value is 2.97. The molecule has 0 amide bonds. The quantitative estimate of drug-likeness (QED) is 0.327. The number of hydrogen-bond donors (Lipinski definition) is 0. The van der Waals surface area contributed by atoms with E-state index in [-0.39, 0.29) is 45.0 Å². The van der Waals surface area contributed by atoms with Crippen LogP contribution >= 0.6 is 0 Å². The van der Waals surface area contributed by atoms with Crippen molar-refractivity contribution in [2.24, 2.45) is 0 Å². The van der Waals surface area contributed by atoms with E-state index in [0.29, 0.717) is 0 Å². The summed E-state index contributed by atoms with van der Waals surface area (Å²) < 4.78 is 0. The predicted molar refractivity (Wildman–Crippen MR) is 8.54 cm³/mol. The van der Waals surface area contributed by atoms with Gasteiger partial charge in [0.05, 0.1) is 0 Å². The molecule has 4 heavy (non-hydrogen) atoms. The first kappa shape index (κ1) is 15.8. The van der Waals surface area contributed by atoms with Crippen LogP contribution in [-0.4, -0.2) is 23.9 Å². The van der Waals surface area contributed by atoms with E-state index < -0.39 is 0 Å². The molecule has 0 nitrogen and oxygen atoms in total. The maximum Gasteiger partial charge on any atom is 0 e. The van der Waals surface area contributed by atoms with Crippen LogP contribution in [0.3, 0.4) is 0 Å². The fourth-order valence-corrected chi connectivity index (χ4v) is 0. The van der Waals surface area contributed by atoms with Crippen LogP contribution in [0.15, 0.2) is 0 Å². The largest absolute Gasteiger partial charge is 0 e. The Labute approximate surface area is 78.6 Å². The number of rotatable bonds is 0. The molecular formula is H2NbSnTaW. The first-order valence-corrected chi connectivity index (χ1v) is 9.69. The minimum atomic E-state index is 0. The van der Waals surface area contributed by atoms with Crippen LogP contribution in [0.5, 0.6) is 0 Å². The average molecular weight is 578 g/mol. The summed E-state index contributed by atoms with van der Waals surface area (Å²) in [5, 5.41) is 0. The summed E-state index contributed by atoms with van der Waals surface area (Å²) in [5.74, 6) is 0. The Balaban J connectivity index is -0.00000000500. The molecule has 0 rings (SSSR count). The van der Waals surface area contributed by atoms with E-state index in [4.69, 9.17) is 0 Å². The van der Waals surface area contributed by atoms with Crippen molar-refractivity contribution in [2.75, 3.05) is 0 Å². The summed E-state index contributed by atoms with van der Waals surface area (Å²) >= 11 is 3.36. The fraction of sp³-hybridized carbons (Fsp3) is 0. The van der Waals surface area contributed by atoms with E-state index in [1.54, 1.807) is 0 Å². The third kappa shape index (κ3) is 8.88.